The van der Waals surface area contributed by atoms with Crippen LogP contribution >= 0.6 is 11.3 Å². The molecule has 1 aliphatic rings. The molecule has 0 amide bonds. The van der Waals surface area contributed by atoms with Crippen LogP contribution in [0, 0.1) is 6.92 Å². The lowest BCUT2D eigenvalue weighted by atomic mass is 10.1. The largest absolute Gasteiger partial charge is 0.453 e. The van der Waals surface area contributed by atoms with E-state index in [1.807, 2.05) is 18.4 Å². The van der Waals surface area contributed by atoms with Crippen LogP contribution in [-0.2, 0) is 6.18 Å². The molecule has 2 aromatic heterocycles. The molecule has 2 aromatic rings. The summed E-state index contributed by atoms with van der Waals surface area (Å²) in [5.74, 6) is -0.896. The highest BCUT2D eigenvalue weighted by atomic mass is 32.1. The van der Waals surface area contributed by atoms with Crippen molar-refractivity contribution in [1.29, 1.82) is 0 Å². The average Bonchev–Trinajstić information content (AvgIpc) is 2.93. The first kappa shape index (κ1) is 12.5. The summed E-state index contributed by atoms with van der Waals surface area (Å²) in [5.41, 5.74) is 1.08. The van der Waals surface area contributed by atoms with Crippen LogP contribution in [0.4, 0.5) is 19.1 Å². The predicted octanol–water partition coefficient (Wildman–Crippen LogP) is 3.07. The van der Waals surface area contributed by atoms with E-state index in [4.69, 9.17) is 0 Å². The first-order chi connectivity index (χ1) is 8.97. The molecule has 1 unspecified atom stereocenters. The summed E-state index contributed by atoms with van der Waals surface area (Å²) in [5, 5.41) is 8.42. The van der Waals surface area contributed by atoms with E-state index in [2.05, 4.69) is 15.4 Å². The first-order valence-corrected chi connectivity index (χ1v) is 6.66. The van der Waals surface area contributed by atoms with Gasteiger partial charge in [-0.25, -0.2) is 4.68 Å². The lowest BCUT2D eigenvalue weighted by molar-refractivity contribution is -0.145. The molecule has 0 aliphatic carbocycles. The van der Waals surface area contributed by atoms with E-state index in [0.29, 0.717) is 13.0 Å². The third-order valence-electron chi connectivity index (χ3n) is 3.09. The fourth-order valence-electron chi connectivity index (χ4n) is 2.19. The second-order valence-corrected chi connectivity index (χ2v) is 5.35. The van der Waals surface area contributed by atoms with Crippen molar-refractivity contribution in [3.63, 3.8) is 0 Å². The van der Waals surface area contributed by atoms with E-state index >= 15 is 0 Å². The Balaban J connectivity index is 2.05. The number of alkyl halides is 3. The van der Waals surface area contributed by atoms with Gasteiger partial charge in [0.2, 0.25) is 5.95 Å². The van der Waals surface area contributed by atoms with Crippen LogP contribution in [0.1, 0.15) is 28.7 Å². The lowest BCUT2D eigenvalue weighted by Crippen LogP contribution is -2.24. The number of anilines is 1. The van der Waals surface area contributed by atoms with Gasteiger partial charge in [0.15, 0.2) is 0 Å². The summed E-state index contributed by atoms with van der Waals surface area (Å²) in [4.78, 5) is 4.58. The molecule has 1 N–H and O–H groups in total. The molecule has 4 nitrogen and oxygen atoms in total. The summed E-state index contributed by atoms with van der Waals surface area (Å²) in [6.45, 7) is 2.55. The zero-order chi connectivity index (χ0) is 13.6. The van der Waals surface area contributed by atoms with Crippen LogP contribution in [0.25, 0.3) is 0 Å². The maximum absolute atomic E-state index is 12.7. The summed E-state index contributed by atoms with van der Waals surface area (Å²) in [6.07, 6.45) is -3.81. The van der Waals surface area contributed by atoms with Crippen molar-refractivity contribution < 1.29 is 13.2 Å². The van der Waals surface area contributed by atoms with Crippen molar-refractivity contribution in [1.82, 2.24) is 14.8 Å². The minimum atomic E-state index is -4.51. The summed E-state index contributed by atoms with van der Waals surface area (Å²) in [7, 11) is 0. The Labute approximate surface area is 111 Å². The van der Waals surface area contributed by atoms with Gasteiger partial charge >= 0.3 is 6.18 Å². The third-order valence-corrected chi connectivity index (χ3v) is 4.21. The molecule has 102 valence electrons. The molecule has 0 spiro atoms. The van der Waals surface area contributed by atoms with Gasteiger partial charge in [-0.2, -0.15) is 18.2 Å². The van der Waals surface area contributed by atoms with Crippen molar-refractivity contribution in [3.8, 4) is 0 Å². The summed E-state index contributed by atoms with van der Waals surface area (Å²) >= 11 is 1.54. The van der Waals surface area contributed by atoms with Gasteiger partial charge in [-0.15, -0.1) is 16.4 Å². The normalized spacial score (nSPS) is 19.1. The van der Waals surface area contributed by atoms with E-state index in [1.54, 1.807) is 0 Å². The van der Waals surface area contributed by atoms with Gasteiger partial charge < -0.3 is 5.32 Å². The molecule has 8 heteroatoms. The van der Waals surface area contributed by atoms with Crippen molar-refractivity contribution in [3.05, 3.63) is 27.7 Å². The smallest absolute Gasteiger partial charge is 0.354 e. The Bertz CT molecular complexity index is 601. The molecule has 1 aliphatic heterocycles. The minimum absolute atomic E-state index is 0.167. The van der Waals surface area contributed by atoms with Crippen LogP contribution in [0.2, 0.25) is 0 Å². The van der Waals surface area contributed by atoms with Crippen LogP contribution in [0.5, 0.6) is 0 Å². The fourth-order valence-corrected chi connectivity index (χ4v) is 3.24. The van der Waals surface area contributed by atoms with Crippen molar-refractivity contribution in [2.45, 2.75) is 25.6 Å². The molecule has 0 fully saturated rings. The second kappa shape index (κ2) is 4.22. The number of nitrogens with one attached hydrogen (secondary N) is 1. The summed E-state index contributed by atoms with van der Waals surface area (Å²) < 4.78 is 39.3. The number of hydrogen-bond donors (Lipinski definition) is 1. The first-order valence-electron chi connectivity index (χ1n) is 5.78. The van der Waals surface area contributed by atoms with E-state index in [-0.39, 0.29) is 12.0 Å². The summed E-state index contributed by atoms with van der Waals surface area (Å²) in [6, 6.07) is 1.79. The third kappa shape index (κ3) is 2.09. The van der Waals surface area contributed by atoms with Crippen LogP contribution in [-0.4, -0.2) is 21.3 Å². The molecule has 1 atom stereocenters. The molecule has 0 saturated heterocycles. The highest BCUT2D eigenvalue weighted by molar-refractivity contribution is 7.10. The van der Waals surface area contributed by atoms with E-state index < -0.39 is 12.0 Å². The Morgan fingerprint density at radius 2 is 2.26 bits per heavy atom. The molecule has 3 heterocycles. The molecule has 19 heavy (non-hydrogen) atoms. The van der Waals surface area contributed by atoms with Gasteiger partial charge in [-0.3, -0.25) is 0 Å². The molecule has 0 bridgehead atoms. The fraction of sp³-hybridized carbons (Fsp3) is 0.455. The Morgan fingerprint density at radius 3 is 2.89 bits per heavy atom. The van der Waals surface area contributed by atoms with Gasteiger partial charge in [-0.1, -0.05) is 0 Å². The van der Waals surface area contributed by atoms with Crippen molar-refractivity contribution in [2.75, 3.05) is 11.9 Å². The topological polar surface area (TPSA) is 42.7 Å². The average molecular weight is 288 g/mol. The Kier molecular flexibility index (Phi) is 2.77. The molecule has 0 aromatic carbocycles. The van der Waals surface area contributed by atoms with Crippen LogP contribution < -0.4 is 5.32 Å². The number of hydrogen-bond acceptors (Lipinski definition) is 4. The van der Waals surface area contributed by atoms with E-state index in [0.717, 1.165) is 10.4 Å². The zero-order valence-electron chi connectivity index (χ0n) is 10.0. The zero-order valence-corrected chi connectivity index (χ0v) is 10.8. The number of nitrogens with zero attached hydrogens (tertiary/aromatic N) is 3. The number of aryl methyl sites for hydroxylation is 1. The van der Waals surface area contributed by atoms with Crippen molar-refractivity contribution in [2.24, 2.45) is 0 Å². The number of rotatable bonds is 1. The number of halogens is 3. The van der Waals surface area contributed by atoms with Gasteiger partial charge in [0.1, 0.15) is 0 Å². The molecular formula is C11H11F3N4S. The standard InChI is InChI=1S/C11H11F3N4S/c1-6-3-5-19-8(6)7-2-4-15-10-16-9(11(12,13)14)17-18(7)10/h3,5,7H,2,4H2,1H3,(H,15,16,17). The number of thiophene rings is 1. The quantitative estimate of drug-likeness (QED) is 0.877. The lowest BCUT2D eigenvalue weighted by Gasteiger charge is -2.24. The Hall–Kier alpha value is -1.57. The van der Waals surface area contributed by atoms with Gasteiger partial charge in [0.05, 0.1) is 6.04 Å². The monoisotopic (exact) mass is 288 g/mol. The number of fused-ring (bicyclic) bond motifs is 1. The maximum Gasteiger partial charge on any atom is 0.453 e. The predicted molar refractivity (Wildman–Crippen MR) is 65.3 cm³/mol. The molecule has 0 radical (unpaired) electrons. The van der Waals surface area contributed by atoms with Gasteiger partial charge in [-0.05, 0) is 30.4 Å². The molecule has 3 rings (SSSR count). The van der Waals surface area contributed by atoms with Crippen LogP contribution in [0.3, 0.4) is 0 Å². The van der Waals surface area contributed by atoms with Gasteiger partial charge in [0.25, 0.3) is 5.82 Å². The number of aromatic nitrogens is 3. The maximum atomic E-state index is 12.7. The highest BCUT2D eigenvalue weighted by Crippen LogP contribution is 2.35. The SMILES string of the molecule is Cc1ccsc1C1CCNc2nc(C(F)(F)F)nn21. The molecular weight excluding hydrogens is 277 g/mol. The second-order valence-electron chi connectivity index (χ2n) is 4.40. The highest BCUT2D eigenvalue weighted by Gasteiger charge is 2.39. The van der Waals surface area contributed by atoms with Crippen molar-refractivity contribution >= 4 is 17.3 Å². The molecule has 0 saturated carbocycles. The van der Waals surface area contributed by atoms with Crippen LogP contribution in [0.15, 0.2) is 11.4 Å². The van der Waals surface area contributed by atoms with E-state index in [1.165, 1.54) is 16.0 Å². The minimum Gasteiger partial charge on any atom is -0.354 e. The van der Waals surface area contributed by atoms with E-state index in [9.17, 15) is 13.2 Å². The Morgan fingerprint density at radius 1 is 1.47 bits per heavy atom. The van der Waals surface area contributed by atoms with Gasteiger partial charge in [0, 0.05) is 11.4 Å².